The first kappa shape index (κ1) is 26.7. The summed E-state index contributed by atoms with van der Waals surface area (Å²) >= 11 is 0. The Balaban J connectivity index is 0.000000284. The van der Waals surface area contributed by atoms with E-state index in [1.807, 2.05) is 0 Å². The zero-order valence-corrected chi connectivity index (χ0v) is 21.1. The maximum absolute atomic E-state index is 2.27. The van der Waals surface area contributed by atoms with Gasteiger partial charge < -0.3 is 12.4 Å². The molecule has 30 heavy (non-hydrogen) atoms. The molecule has 0 nitrogen and oxygen atoms in total. The normalized spacial score (nSPS) is 9.53. The predicted molar refractivity (Wildman–Crippen MR) is 130 cm³/mol. The molecular weight excluding hydrogens is 516 g/mol. The van der Waals surface area contributed by atoms with Crippen molar-refractivity contribution in [2.24, 2.45) is 0 Å². The molecule has 0 unspecified atom stereocenters. The fourth-order valence-electron chi connectivity index (χ4n) is 2.94. The number of hydrogen-bond donors (Lipinski definition) is 0. The van der Waals surface area contributed by atoms with Crippen LogP contribution in [0.4, 0.5) is 0 Å². The minimum atomic E-state index is -0.149. The Morgan fingerprint density at radius 2 is 0.833 bits per heavy atom. The number of hydrogen-bond acceptors (Lipinski definition) is 0. The molecule has 0 atom stereocenters. The molecule has 0 aliphatic rings. The first-order chi connectivity index (χ1) is 13.9. The fraction of sp³-hybridized carbons (Fsp3) is 0.0769. The van der Waals surface area contributed by atoms with Crippen molar-refractivity contribution >= 4 is 37.7 Å². The second kappa shape index (κ2) is 15.5. The largest absolute Gasteiger partial charge is 1.00 e. The fourth-order valence-corrected chi connectivity index (χ4v) is 6.08. The topological polar surface area (TPSA) is 0 Å². The third kappa shape index (κ3) is 8.82. The minimum Gasteiger partial charge on any atom is -1.00 e. The van der Waals surface area contributed by atoms with E-state index in [2.05, 4.69) is 128 Å². The Bertz CT molecular complexity index is 843. The van der Waals surface area contributed by atoms with Gasteiger partial charge in [-0.3, -0.25) is 0 Å². The average molecular weight is 542 g/mol. The van der Waals surface area contributed by atoms with E-state index in [4.69, 9.17) is 0 Å². The average Bonchev–Trinajstić information content (AvgIpc) is 2.78. The van der Waals surface area contributed by atoms with E-state index >= 15 is 0 Å². The summed E-state index contributed by atoms with van der Waals surface area (Å²) < 4.78 is 0. The van der Waals surface area contributed by atoms with Crippen molar-refractivity contribution < 1.29 is 32.8 Å². The van der Waals surface area contributed by atoms with E-state index in [0.717, 1.165) is 8.58 Å². The van der Waals surface area contributed by atoms with Gasteiger partial charge in [0.25, 0.3) is 0 Å². The minimum absolute atomic E-state index is 0. The van der Waals surface area contributed by atoms with Gasteiger partial charge >= 0.3 is 0 Å². The molecule has 0 aliphatic carbocycles. The van der Waals surface area contributed by atoms with Gasteiger partial charge in [0, 0.05) is 20.4 Å². The molecule has 0 fully saturated rings. The molecule has 0 heterocycles. The summed E-state index contributed by atoms with van der Waals surface area (Å²) in [6.45, 7) is 2.27. The zero-order valence-electron chi connectivity index (χ0n) is 16.9. The van der Waals surface area contributed by atoms with Crippen LogP contribution in [0.5, 0.6) is 0 Å². The molecule has 0 saturated carbocycles. The second-order valence-electron chi connectivity index (χ2n) is 6.27. The SMILES string of the molecule is CCP(c1ccccc1)c1ccccc1.[Cl-].[Pd].c1ccc(Pc2ccccc2)cc1. The van der Waals surface area contributed by atoms with Crippen molar-refractivity contribution in [2.45, 2.75) is 6.92 Å². The van der Waals surface area contributed by atoms with Crippen LogP contribution in [0.1, 0.15) is 6.92 Å². The third-order valence-corrected chi connectivity index (χ3v) is 8.01. The van der Waals surface area contributed by atoms with E-state index in [1.54, 1.807) is 0 Å². The quantitative estimate of drug-likeness (QED) is 0.269. The van der Waals surface area contributed by atoms with Crippen molar-refractivity contribution in [3.05, 3.63) is 121 Å². The van der Waals surface area contributed by atoms with Crippen LogP contribution < -0.4 is 33.6 Å². The molecule has 158 valence electrons. The number of rotatable bonds is 5. The van der Waals surface area contributed by atoms with E-state index in [-0.39, 0.29) is 40.8 Å². The monoisotopic (exact) mass is 541 g/mol. The van der Waals surface area contributed by atoms with E-state index in [0.29, 0.717) is 0 Å². The van der Waals surface area contributed by atoms with Gasteiger partial charge in [0.1, 0.15) is 0 Å². The first-order valence-electron chi connectivity index (χ1n) is 9.61. The van der Waals surface area contributed by atoms with Crippen LogP contribution in [0.2, 0.25) is 0 Å². The second-order valence-corrected chi connectivity index (χ2v) is 10.2. The molecule has 0 amide bonds. The Labute approximate surface area is 204 Å². The summed E-state index contributed by atoms with van der Waals surface area (Å²) in [5, 5.41) is 5.74. The summed E-state index contributed by atoms with van der Waals surface area (Å²) in [6.07, 6.45) is 1.21. The van der Waals surface area contributed by atoms with Crippen LogP contribution in [0.3, 0.4) is 0 Å². The summed E-state index contributed by atoms with van der Waals surface area (Å²) in [6, 6.07) is 42.8. The van der Waals surface area contributed by atoms with Crippen molar-refractivity contribution in [1.29, 1.82) is 0 Å². The van der Waals surface area contributed by atoms with Gasteiger partial charge in [-0.25, -0.2) is 0 Å². The Morgan fingerprint density at radius 1 is 0.533 bits per heavy atom. The summed E-state index contributed by atoms with van der Waals surface area (Å²) in [7, 11) is 0.628. The molecule has 4 rings (SSSR count). The van der Waals surface area contributed by atoms with Crippen LogP contribution in [0.25, 0.3) is 0 Å². The van der Waals surface area contributed by atoms with Gasteiger partial charge in [0.05, 0.1) is 0 Å². The molecule has 0 saturated heterocycles. The van der Waals surface area contributed by atoms with E-state index < -0.39 is 0 Å². The van der Waals surface area contributed by atoms with Crippen LogP contribution in [0.15, 0.2) is 121 Å². The molecule has 0 spiro atoms. The van der Waals surface area contributed by atoms with Gasteiger partial charge in [-0.15, -0.1) is 0 Å². The van der Waals surface area contributed by atoms with Crippen molar-refractivity contribution in [3.8, 4) is 0 Å². The maximum Gasteiger partial charge on any atom is 0 e. The van der Waals surface area contributed by atoms with Crippen molar-refractivity contribution in [1.82, 2.24) is 0 Å². The van der Waals surface area contributed by atoms with E-state index in [9.17, 15) is 0 Å². The van der Waals surface area contributed by atoms with Gasteiger partial charge in [-0.1, -0.05) is 137 Å². The number of benzene rings is 4. The summed E-state index contributed by atoms with van der Waals surface area (Å²) in [4.78, 5) is 0. The zero-order chi connectivity index (χ0) is 19.4. The van der Waals surface area contributed by atoms with Crippen LogP contribution in [-0.4, -0.2) is 6.16 Å². The van der Waals surface area contributed by atoms with E-state index in [1.165, 1.54) is 27.4 Å². The Hall–Kier alpha value is -1.31. The van der Waals surface area contributed by atoms with Gasteiger partial charge in [0.15, 0.2) is 0 Å². The first-order valence-corrected chi connectivity index (χ1v) is 12.1. The Kier molecular flexibility index (Phi) is 13.8. The number of halogens is 1. The van der Waals surface area contributed by atoms with Gasteiger partial charge in [0.2, 0.25) is 0 Å². The third-order valence-electron chi connectivity index (χ3n) is 4.29. The molecular formula is C26H26ClP2Pd-. The summed E-state index contributed by atoms with van der Waals surface area (Å²) in [5.74, 6) is 0. The molecule has 0 aromatic heterocycles. The van der Waals surface area contributed by atoms with Crippen LogP contribution in [-0.2, 0) is 20.4 Å². The molecule has 4 aromatic rings. The predicted octanol–water partition coefficient (Wildman–Crippen LogP) is 2.46. The maximum atomic E-state index is 2.27. The molecule has 0 N–H and O–H groups in total. The van der Waals surface area contributed by atoms with Crippen LogP contribution in [0, 0.1) is 0 Å². The van der Waals surface area contributed by atoms with Crippen molar-refractivity contribution in [3.63, 3.8) is 0 Å². The van der Waals surface area contributed by atoms with Crippen molar-refractivity contribution in [2.75, 3.05) is 6.16 Å². The molecule has 0 radical (unpaired) electrons. The molecule has 0 bridgehead atoms. The standard InChI is InChI=1S/C14H15P.C12H11P.ClH.Pd/c1-2-15(13-9-5-3-6-10-13)14-11-7-4-8-12-14;1-3-7-11(8-4-1)13-12-9-5-2-6-10-12;;/h3-12H,2H2,1H3;1-10,13H;1H;/p-1. The molecule has 4 aromatic carbocycles. The molecule has 0 aliphatic heterocycles. The summed E-state index contributed by atoms with van der Waals surface area (Å²) in [5.41, 5.74) is 0. The smallest absolute Gasteiger partial charge is 0 e. The molecule has 4 heteroatoms. The van der Waals surface area contributed by atoms with Gasteiger partial charge in [-0.05, 0) is 35.3 Å². The van der Waals surface area contributed by atoms with Gasteiger partial charge in [-0.2, -0.15) is 0 Å². The Morgan fingerprint density at radius 3 is 1.13 bits per heavy atom. The van der Waals surface area contributed by atoms with Crippen LogP contribution >= 0.6 is 16.5 Å².